The minimum atomic E-state index is -0.607. The van der Waals surface area contributed by atoms with Crippen molar-refractivity contribution in [3.05, 3.63) is 35.9 Å². The van der Waals surface area contributed by atoms with Crippen molar-refractivity contribution in [3.8, 4) is 0 Å². The summed E-state index contributed by atoms with van der Waals surface area (Å²) < 4.78 is 0. The third-order valence-corrected chi connectivity index (χ3v) is 6.25. The molecule has 0 unspecified atom stereocenters. The molecule has 148 valence electrons. The van der Waals surface area contributed by atoms with E-state index in [4.69, 9.17) is 0 Å². The molecule has 1 aromatic carbocycles. The van der Waals surface area contributed by atoms with Crippen LogP contribution in [-0.2, 0) is 14.4 Å². The summed E-state index contributed by atoms with van der Waals surface area (Å²) >= 11 is 0. The maximum atomic E-state index is 13.5. The van der Waals surface area contributed by atoms with Gasteiger partial charge in [-0.15, -0.1) is 0 Å². The molecule has 3 heterocycles. The Hall–Kier alpha value is -2.43. The molecule has 4 rings (SSSR count). The number of unbranched alkanes of at least 4 members (excludes halogenated alkanes) is 1. The number of carbonyl (C=O) groups excluding carboxylic acids is 3. The van der Waals surface area contributed by atoms with Gasteiger partial charge in [0.05, 0.1) is 17.9 Å². The Balaban J connectivity index is 1.82. The lowest BCUT2D eigenvalue weighted by molar-refractivity contribution is -0.142. The highest BCUT2D eigenvalue weighted by atomic mass is 16.2. The number of nitrogens with zero attached hydrogens (tertiary/aromatic N) is 2. The van der Waals surface area contributed by atoms with E-state index in [-0.39, 0.29) is 23.6 Å². The van der Waals surface area contributed by atoms with Gasteiger partial charge in [-0.25, -0.2) is 0 Å². The average molecular weight is 380 g/mol. The standard InChI is InChI=1S/C23H28N2O3/c1-5-6-13-24-21(27)17-16-12-11-14-9-7-8-10-15(14)25(16)19(18(17)22(24)28)20(26)23(2,3)4/h7-12,16-19H,5-6,13H2,1-4H3/t16-,17-,18-,19+/m0/s1. The largest absolute Gasteiger partial charge is 0.353 e. The van der Waals surface area contributed by atoms with E-state index in [0.29, 0.717) is 6.54 Å². The number of hydrogen-bond acceptors (Lipinski definition) is 4. The first-order valence-corrected chi connectivity index (χ1v) is 10.2. The lowest BCUT2D eigenvalue weighted by Gasteiger charge is -2.38. The third kappa shape index (κ3) is 2.63. The van der Waals surface area contributed by atoms with Gasteiger partial charge in [-0.2, -0.15) is 0 Å². The topological polar surface area (TPSA) is 57.7 Å². The molecule has 0 bridgehead atoms. The number of Topliss-reactive ketones (excluding diaryl/α,β-unsaturated/α-hetero) is 1. The zero-order chi connectivity index (χ0) is 20.2. The highest BCUT2D eigenvalue weighted by Gasteiger charge is 2.64. The van der Waals surface area contributed by atoms with Gasteiger partial charge in [0, 0.05) is 17.6 Å². The number of ketones is 1. The quantitative estimate of drug-likeness (QED) is 0.752. The highest BCUT2D eigenvalue weighted by molar-refractivity contribution is 6.11. The SMILES string of the molecule is CCCCN1C(=O)[C@@H]2[C@H](C1=O)[C@H](C(=O)C(C)(C)C)N1c3ccccc3C=C[C@@H]21. The minimum absolute atomic E-state index is 0.0218. The summed E-state index contributed by atoms with van der Waals surface area (Å²) in [6, 6.07) is 7.04. The molecule has 3 aliphatic rings. The molecule has 0 saturated carbocycles. The summed E-state index contributed by atoms with van der Waals surface area (Å²) in [7, 11) is 0. The van der Waals surface area contributed by atoms with E-state index in [2.05, 4.69) is 0 Å². The van der Waals surface area contributed by atoms with Crippen LogP contribution >= 0.6 is 0 Å². The number of hydrogen-bond donors (Lipinski definition) is 0. The molecule has 2 fully saturated rings. The fourth-order valence-electron chi connectivity index (χ4n) is 4.86. The smallest absolute Gasteiger partial charge is 0.235 e. The molecule has 0 radical (unpaired) electrons. The second kappa shape index (κ2) is 6.57. The predicted molar refractivity (Wildman–Crippen MR) is 109 cm³/mol. The second-order valence-electron chi connectivity index (χ2n) is 9.11. The molecule has 5 nitrogen and oxygen atoms in total. The summed E-state index contributed by atoms with van der Waals surface area (Å²) in [6.07, 6.45) is 5.73. The van der Waals surface area contributed by atoms with Crippen LogP contribution in [-0.4, -0.2) is 41.1 Å². The van der Waals surface area contributed by atoms with Gasteiger partial charge in [0.1, 0.15) is 6.04 Å². The fourth-order valence-corrected chi connectivity index (χ4v) is 4.86. The van der Waals surface area contributed by atoms with E-state index >= 15 is 0 Å². The Kier molecular flexibility index (Phi) is 4.44. The molecule has 1 aromatic rings. The zero-order valence-electron chi connectivity index (χ0n) is 17.0. The van der Waals surface area contributed by atoms with E-state index in [1.165, 1.54) is 4.90 Å². The van der Waals surface area contributed by atoms with Gasteiger partial charge in [0.15, 0.2) is 5.78 Å². The average Bonchev–Trinajstić information content (AvgIpc) is 3.12. The van der Waals surface area contributed by atoms with Crippen LogP contribution in [0, 0.1) is 17.3 Å². The number of benzene rings is 1. The van der Waals surface area contributed by atoms with Crippen LogP contribution in [0.1, 0.15) is 46.1 Å². The van der Waals surface area contributed by atoms with E-state index in [9.17, 15) is 14.4 Å². The zero-order valence-corrected chi connectivity index (χ0v) is 17.0. The van der Waals surface area contributed by atoms with Gasteiger partial charge >= 0.3 is 0 Å². The van der Waals surface area contributed by atoms with Crippen molar-refractivity contribution in [1.82, 2.24) is 4.90 Å². The Morgan fingerprint density at radius 2 is 1.75 bits per heavy atom. The van der Waals surface area contributed by atoms with Gasteiger partial charge < -0.3 is 4.90 Å². The molecule has 0 N–H and O–H groups in total. The first-order chi connectivity index (χ1) is 13.3. The number of rotatable bonds is 4. The van der Waals surface area contributed by atoms with E-state index in [1.54, 1.807) is 0 Å². The van der Waals surface area contributed by atoms with Crippen LogP contribution in [0.5, 0.6) is 0 Å². The van der Waals surface area contributed by atoms with Gasteiger partial charge in [-0.3, -0.25) is 19.3 Å². The van der Waals surface area contributed by atoms with Gasteiger partial charge in [-0.1, -0.05) is 64.5 Å². The van der Waals surface area contributed by atoms with E-state index in [1.807, 2.05) is 69.0 Å². The van der Waals surface area contributed by atoms with Crippen molar-refractivity contribution in [2.75, 3.05) is 11.4 Å². The van der Waals surface area contributed by atoms with Crippen LogP contribution in [0.3, 0.4) is 0 Å². The lowest BCUT2D eigenvalue weighted by Crippen LogP contribution is -2.51. The van der Waals surface area contributed by atoms with Crippen molar-refractivity contribution in [2.24, 2.45) is 17.3 Å². The van der Waals surface area contributed by atoms with Crippen LogP contribution in [0.4, 0.5) is 5.69 Å². The van der Waals surface area contributed by atoms with Crippen LogP contribution < -0.4 is 4.90 Å². The van der Waals surface area contributed by atoms with Crippen molar-refractivity contribution in [2.45, 2.75) is 52.6 Å². The number of amides is 2. The van der Waals surface area contributed by atoms with Crippen LogP contribution in [0.2, 0.25) is 0 Å². The molecule has 0 aromatic heterocycles. The Bertz CT molecular complexity index is 867. The molecule has 0 spiro atoms. The van der Waals surface area contributed by atoms with Crippen LogP contribution in [0.25, 0.3) is 6.08 Å². The predicted octanol–water partition coefficient (Wildman–Crippen LogP) is 3.29. The normalized spacial score (nSPS) is 28.4. The Labute approximate surface area is 166 Å². The summed E-state index contributed by atoms with van der Waals surface area (Å²) in [5.41, 5.74) is 1.36. The monoisotopic (exact) mass is 380 g/mol. The maximum Gasteiger partial charge on any atom is 0.235 e. The second-order valence-corrected chi connectivity index (χ2v) is 9.11. The molecule has 4 atom stereocenters. The van der Waals surface area contributed by atoms with E-state index in [0.717, 1.165) is 24.1 Å². The number of fused-ring (bicyclic) bond motifs is 5. The Morgan fingerprint density at radius 1 is 1.07 bits per heavy atom. The van der Waals surface area contributed by atoms with Gasteiger partial charge in [0.2, 0.25) is 11.8 Å². The van der Waals surface area contributed by atoms with Crippen molar-refractivity contribution >= 4 is 29.4 Å². The Morgan fingerprint density at radius 3 is 2.43 bits per heavy atom. The summed E-state index contributed by atoms with van der Waals surface area (Å²) in [5.74, 6) is -1.35. The molecule has 2 amide bonds. The number of carbonyl (C=O) groups is 3. The fraction of sp³-hybridized carbons (Fsp3) is 0.522. The van der Waals surface area contributed by atoms with Gasteiger partial charge in [-0.05, 0) is 18.1 Å². The molecular weight excluding hydrogens is 352 g/mol. The molecule has 5 heteroatoms. The van der Waals surface area contributed by atoms with Gasteiger partial charge in [0.25, 0.3) is 0 Å². The first-order valence-electron chi connectivity index (χ1n) is 10.2. The lowest BCUT2D eigenvalue weighted by atomic mass is 9.79. The molecular formula is C23H28N2O3. The number of anilines is 1. The first kappa shape index (κ1) is 18.9. The summed E-state index contributed by atoms with van der Waals surface area (Å²) in [6.45, 7) is 8.16. The third-order valence-electron chi connectivity index (χ3n) is 6.25. The van der Waals surface area contributed by atoms with Crippen molar-refractivity contribution < 1.29 is 14.4 Å². The molecule has 2 saturated heterocycles. The summed E-state index contributed by atoms with van der Waals surface area (Å²) in [5, 5.41) is 0. The molecule has 28 heavy (non-hydrogen) atoms. The molecule has 3 aliphatic heterocycles. The van der Waals surface area contributed by atoms with Crippen molar-refractivity contribution in [1.29, 1.82) is 0 Å². The van der Waals surface area contributed by atoms with E-state index < -0.39 is 23.3 Å². The number of likely N-dealkylation sites (tertiary alicyclic amines) is 1. The van der Waals surface area contributed by atoms with Crippen LogP contribution in [0.15, 0.2) is 30.3 Å². The maximum absolute atomic E-state index is 13.5. The summed E-state index contributed by atoms with van der Waals surface area (Å²) in [4.78, 5) is 43.5. The highest BCUT2D eigenvalue weighted by Crippen LogP contribution is 2.49. The number of para-hydroxylation sites is 1. The number of imide groups is 1. The minimum Gasteiger partial charge on any atom is -0.353 e. The van der Waals surface area contributed by atoms with Crippen molar-refractivity contribution in [3.63, 3.8) is 0 Å². The molecule has 0 aliphatic carbocycles.